The monoisotopic (exact) mass is 442 g/mol. The lowest BCUT2D eigenvalue weighted by molar-refractivity contribution is -0.122. The molecule has 3 rings (SSSR count). The Labute approximate surface area is 181 Å². The van der Waals surface area contributed by atoms with Crippen molar-refractivity contribution in [3.63, 3.8) is 0 Å². The molecule has 1 unspecified atom stereocenters. The third-order valence-electron chi connectivity index (χ3n) is 5.16. The van der Waals surface area contributed by atoms with E-state index in [1.807, 2.05) is 6.07 Å². The van der Waals surface area contributed by atoms with Crippen molar-refractivity contribution < 1.29 is 13.2 Å². The van der Waals surface area contributed by atoms with E-state index in [0.29, 0.717) is 24.1 Å². The second kappa shape index (κ2) is 9.40. The van der Waals surface area contributed by atoms with Crippen LogP contribution in [0.5, 0.6) is 0 Å². The minimum atomic E-state index is -3.53. The number of carbonyl (C=O) groups is 1. The maximum atomic E-state index is 12.6. The highest BCUT2D eigenvalue weighted by Gasteiger charge is 2.21. The summed E-state index contributed by atoms with van der Waals surface area (Å²) in [5.41, 5.74) is 1.63. The SMILES string of the molecule is CCN(CC)S(=O)(=O)c1ccc(C(C)NC(=O)Cn2c(=O)cnc3ccccc32)cc1. The topological polar surface area (TPSA) is 101 Å². The van der Waals surface area contributed by atoms with Crippen molar-refractivity contribution in [3.05, 3.63) is 70.6 Å². The third kappa shape index (κ3) is 4.83. The Morgan fingerprint density at radius 2 is 1.74 bits per heavy atom. The van der Waals surface area contributed by atoms with Crippen molar-refractivity contribution in [3.8, 4) is 0 Å². The molecule has 0 saturated carbocycles. The van der Waals surface area contributed by atoms with Crippen LogP contribution in [0.4, 0.5) is 0 Å². The standard InChI is InChI=1S/C22H26N4O4S/c1-4-25(5-2)31(29,30)18-12-10-17(11-13-18)16(3)24-21(27)15-26-20-9-7-6-8-19(20)23-14-22(26)28/h6-14,16H,4-5,15H2,1-3H3,(H,24,27). The summed E-state index contributed by atoms with van der Waals surface area (Å²) >= 11 is 0. The van der Waals surface area contributed by atoms with E-state index in [1.165, 1.54) is 15.1 Å². The van der Waals surface area contributed by atoms with Crippen molar-refractivity contribution in [2.75, 3.05) is 13.1 Å². The maximum Gasteiger partial charge on any atom is 0.269 e. The normalized spacial score (nSPS) is 12.8. The Morgan fingerprint density at radius 3 is 2.39 bits per heavy atom. The van der Waals surface area contributed by atoms with Gasteiger partial charge in [-0.25, -0.2) is 13.4 Å². The van der Waals surface area contributed by atoms with E-state index in [-0.39, 0.29) is 28.9 Å². The fraction of sp³-hybridized carbons (Fsp3) is 0.318. The quantitative estimate of drug-likeness (QED) is 0.577. The molecule has 0 aliphatic carbocycles. The average molecular weight is 443 g/mol. The number of benzene rings is 2. The molecule has 1 aromatic heterocycles. The van der Waals surface area contributed by atoms with E-state index < -0.39 is 10.0 Å². The zero-order valence-corrected chi connectivity index (χ0v) is 18.6. The molecule has 9 heteroatoms. The molecule has 164 valence electrons. The fourth-order valence-corrected chi connectivity index (χ4v) is 4.89. The lowest BCUT2D eigenvalue weighted by Gasteiger charge is -2.19. The van der Waals surface area contributed by atoms with Crippen LogP contribution in [0.2, 0.25) is 0 Å². The molecule has 0 spiro atoms. The van der Waals surface area contributed by atoms with E-state index in [1.54, 1.807) is 63.2 Å². The number of amides is 1. The molecule has 3 aromatic rings. The van der Waals surface area contributed by atoms with Gasteiger partial charge in [-0.2, -0.15) is 4.31 Å². The number of carbonyl (C=O) groups excluding carboxylic acids is 1. The average Bonchev–Trinajstić information content (AvgIpc) is 2.76. The number of nitrogens with zero attached hydrogens (tertiary/aromatic N) is 3. The van der Waals surface area contributed by atoms with Crippen LogP contribution in [0.25, 0.3) is 11.0 Å². The van der Waals surface area contributed by atoms with Gasteiger partial charge < -0.3 is 5.32 Å². The van der Waals surface area contributed by atoms with E-state index >= 15 is 0 Å². The van der Waals surface area contributed by atoms with Gasteiger partial charge in [0.15, 0.2) is 0 Å². The molecule has 1 atom stereocenters. The molecule has 0 aliphatic heterocycles. The number of nitrogens with one attached hydrogen (secondary N) is 1. The highest BCUT2D eigenvalue weighted by Crippen LogP contribution is 2.19. The number of sulfonamides is 1. The van der Waals surface area contributed by atoms with Gasteiger partial charge in [0.1, 0.15) is 6.54 Å². The number of aromatic nitrogens is 2. The smallest absolute Gasteiger partial charge is 0.269 e. The Kier molecular flexibility index (Phi) is 6.87. The van der Waals surface area contributed by atoms with Crippen molar-refractivity contribution in [2.45, 2.75) is 38.3 Å². The predicted octanol–water partition coefficient (Wildman–Crippen LogP) is 2.30. The van der Waals surface area contributed by atoms with Gasteiger partial charge in [-0.3, -0.25) is 14.2 Å². The zero-order chi connectivity index (χ0) is 22.6. The minimum absolute atomic E-state index is 0.138. The number of para-hydroxylation sites is 2. The lowest BCUT2D eigenvalue weighted by Crippen LogP contribution is -2.34. The van der Waals surface area contributed by atoms with Gasteiger partial charge in [-0.1, -0.05) is 38.1 Å². The highest BCUT2D eigenvalue weighted by atomic mass is 32.2. The van der Waals surface area contributed by atoms with Gasteiger partial charge in [0.05, 0.1) is 28.2 Å². The van der Waals surface area contributed by atoms with Crippen molar-refractivity contribution in [1.29, 1.82) is 0 Å². The summed E-state index contributed by atoms with van der Waals surface area (Å²) in [7, 11) is -3.53. The molecule has 0 fully saturated rings. The van der Waals surface area contributed by atoms with Gasteiger partial charge in [-0.15, -0.1) is 0 Å². The number of hydrogen-bond acceptors (Lipinski definition) is 5. The van der Waals surface area contributed by atoms with Crippen LogP contribution in [0, 0.1) is 0 Å². The highest BCUT2D eigenvalue weighted by molar-refractivity contribution is 7.89. The van der Waals surface area contributed by atoms with Crippen LogP contribution >= 0.6 is 0 Å². The van der Waals surface area contributed by atoms with Crippen LogP contribution in [-0.2, 0) is 21.4 Å². The molecule has 1 heterocycles. The van der Waals surface area contributed by atoms with Crippen LogP contribution in [0.3, 0.4) is 0 Å². The largest absolute Gasteiger partial charge is 0.348 e. The maximum absolute atomic E-state index is 12.6. The number of rotatable bonds is 8. The molecule has 31 heavy (non-hydrogen) atoms. The first-order valence-electron chi connectivity index (χ1n) is 10.1. The first-order valence-corrected chi connectivity index (χ1v) is 11.6. The fourth-order valence-electron chi connectivity index (χ4n) is 3.43. The van der Waals surface area contributed by atoms with E-state index in [4.69, 9.17) is 0 Å². The molecular weight excluding hydrogens is 416 g/mol. The molecule has 2 aromatic carbocycles. The summed E-state index contributed by atoms with van der Waals surface area (Å²) in [6.07, 6.45) is 1.20. The van der Waals surface area contributed by atoms with Gasteiger partial charge in [-0.05, 0) is 36.8 Å². The zero-order valence-electron chi connectivity index (χ0n) is 17.8. The summed E-state index contributed by atoms with van der Waals surface area (Å²) in [5.74, 6) is -0.328. The molecule has 0 radical (unpaired) electrons. The van der Waals surface area contributed by atoms with E-state index in [9.17, 15) is 18.0 Å². The summed E-state index contributed by atoms with van der Waals surface area (Å²) in [4.78, 5) is 29.1. The predicted molar refractivity (Wildman–Crippen MR) is 119 cm³/mol. The van der Waals surface area contributed by atoms with Crippen LogP contribution in [0.15, 0.2) is 64.4 Å². The minimum Gasteiger partial charge on any atom is -0.348 e. The Morgan fingerprint density at radius 1 is 1.10 bits per heavy atom. The van der Waals surface area contributed by atoms with Gasteiger partial charge in [0.25, 0.3) is 5.56 Å². The third-order valence-corrected chi connectivity index (χ3v) is 7.22. The lowest BCUT2D eigenvalue weighted by atomic mass is 10.1. The second-order valence-electron chi connectivity index (χ2n) is 7.12. The Balaban J connectivity index is 1.74. The summed E-state index contributed by atoms with van der Waals surface area (Å²) < 4.78 is 28.0. The summed E-state index contributed by atoms with van der Waals surface area (Å²) in [6, 6.07) is 13.2. The molecule has 0 aliphatic rings. The second-order valence-corrected chi connectivity index (χ2v) is 9.06. The van der Waals surface area contributed by atoms with Crippen LogP contribution in [0.1, 0.15) is 32.4 Å². The number of fused-ring (bicyclic) bond motifs is 1. The van der Waals surface area contributed by atoms with Gasteiger partial charge in [0.2, 0.25) is 15.9 Å². The molecule has 1 N–H and O–H groups in total. The van der Waals surface area contributed by atoms with Crippen molar-refractivity contribution >= 4 is 27.0 Å². The molecule has 0 bridgehead atoms. The summed E-state index contributed by atoms with van der Waals surface area (Å²) in [6.45, 7) is 6.06. The molecule has 0 saturated heterocycles. The van der Waals surface area contributed by atoms with Crippen LogP contribution in [-0.4, -0.2) is 41.3 Å². The van der Waals surface area contributed by atoms with Crippen molar-refractivity contribution in [1.82, 2.24) is 19.2 Å². The van der Waals surface area contributed by atoms with E-state index in [2.05, 4.69) is 10.3 Å². The molecule has 8 nitrogen and oxygen atoms in total. The Hall–Kier alpha value is -3.04. The van der Waals surface area contributed by atoms with Crippen LogP contribution < -0.4 is 10.9 Å². The Bertz CT molecular complexity index is 1230. The van der Waals surface area contributed by atoms with Gasteiger partial charge in [0, 0.05) is 13.1 Å². The number of hydrogen-bond donors (Lipinski definition) is 1. The summed E-state index contributed by atoms with van der Waals surface area (Å²) in [5, 5.41) is 2.86. The first-order chi connectivity index (χ1) is 14.8. The van der Waals surface area contributed by atoms with Crippen molar-refractivity contribution in [2.24, 2.45) is 0 Å². The molecular formula is C22H26N4O4S. The van der Waals surface area contributed by atoms with Gasteiger partial charge >= 0.3 is 0 Å². The van der Waals surface area contributed by atoms with E-state index in [0.717, 1.165) is 5.56 Å². The first kappa shape index (κ1) is 22.6. The molecule has 1 amide bonds.